The third kappa shape index (κ3) is 6.27. The van der Waals surface area contributed by atoms with Gasteiger partial charge >= 0.3 is 6.18 Å². The van der Waals surface area contributed by atoms with Crippen molar-refractivity contribution in [2.24, 2.45) is 0 Å². The van der Waals surface area contributed by atoms with Crippen LogP contribution in [-0.2, 0) is 24.1 Å². The molecule has 0 fully saturated rings. The van der Waals surface area contributed by atoms with E-state index in [1.54, 1.807) is 11.0 Å². The minimum absolute atomic E-state index is 0.0114. The Morgan fingerprint density at radius 3 is 2.47 bits per heavy atom. The number of hydrogen-bond donors (Lipinski definition) is 2. The van der Waals surface area contributed by atoms with E-state index in [0.717, 1.165) is 23.3 Å². The quantitative estimate of drug-likeness (QED) is 0.383. The predicted octanol–water partition coefficient (Wildman–Crippen LogP) is 3.37. The largest absolute Gasteiger partial charge is 0.416 e. The Hall–Kier alpha value is -3.96. The Morgan fingerprint density at radius 1 is 1.12 bits per heavy atom. The van der Waals surface area contributed by atoms with Gasteiger partial charge in [0, 0.05) is 25.6 Å². The summed E-state index contributed by atoms with van der Waals surface area (Å²) >= 11 is 0. The van der Waals surface area contributed by atoms with Crippen molar-refractivity contribution in [3.05, 3.63) is 81.9 Å². The SMILES string of the molecule is O=C(CCNc1ccc(C(F)(F)F)cc1[N+](=O)[O-])NCc1ccc(Cn2cncn2)cc1. The van der Waals surface area contributed by atoms with E-state index in [1.807, 2.05) is 24.3 Å². The molecular formula is C20H19F3N6O3. The van der Waals surface area contributed by atoms with Crippen molar-refractivity contribution in [3.8, 4) is 0 Å². The number of amides is 1. The standard InChI is InChI=1S/C20H19F3N6O3/c21-20(22,23)16-5-6-17(18(9-16)29(31)32)25-8-7-19(30)26-10-14-1-3-15(4-2-14)11-28-13-24-12-27-28/h1-6,9,12-13,25H,7-8,10-11H2,(H,26,30). The van der Waals surface area contributed by atoms with Crippen LogP contribution in [0.3, 0.4) is 0 Å². The van der Waals surface area contributed by atoms with E-state index in [-0.39, 0.29) is 24.6 Å². The Balaban J connectivity index is 1.46. The maximum atomic E-state index is 12.7. The van der Waals surface area contributed by atoms with Crippen molar-refractivity contribution in [3.63, 3.8) is 0 Å². The van der Waals surface area contributed by atoms with Crippen LogP contribution in [0.1, 0.15) is 23.1 Å². The molecule has 0 unspecified atom stereocenters. The van der Waals surface area contributed by atoms with Gasteiger partial charge in [-0.25, -0.2) is 9.67 Å². The first-order valence-corrected chi connectivity index (χ1v) is 9.49. The van der Waals surface area contributed by atoms with E-state index in [1.165, 1.54) is 6.33 Å². The number of halogens is 3. The lowest BCUT2D eigenvalue weighted by Gasteiger charge is -2.11. The van der Waals surface area contributed by atoms with Crippen LogP contribution in [0, 0.1) is 10.1 Å². The van der Waals surface area contributed by atoms with Gasteiger partial charge in [-0.05, 0) is 23.3 Å². The number of carbonyl (C=O) groups excluding carboxylic acids is 1. The third-order valence-electron chi connectivity index (χ3n) is 4.51. The number of nitrogens with zero attached hydrogens (tertiary/aromatic N) is 4. The molecule has 0 aliphatic rings. The summed E-state index contributed by atoms with van der Waals surface area (Å²) in [6.07, 6.45) is -1.63. The van der Waals surface area contributed by atoms with Crippen molar-refractivity contribution in [1.82, 2.24) is 20.1 Å². The summed E-state index contributed by atoms with van der Waals surface area (Å²) in [5, 5.41) is 20.5. The highest BCUT2D eigenvalue weighted by atomic mass is 19.4. The zero-order valence-electron chi connectivity index (χ0n) is 16.7. The first-order chi connectivity index (χ1) is 15.2. The lowest BCUT2D eigenvalue weighted by atomic mass is 10.1. The van der Waals surface area contributed by atoms with Crippen molar-refractivity contribution in [2.75, 3.05) is 11.9 Å². The number of benzene rings is 2. The summed E-state index contributed by atoms with van der Waals surface area (Å²) in [4.78, 5) is 26.1. The summed E-state index contributed by atoms with van der Waals surface area (Å²) in [6, 6.07) is 9.77. The fourth-order valence-electron chi connectivity index (χ4n) is 2.87. The number of nitro groups is 1. The molecule has 3 aromatic rings. The zero-order chi connectivity index (χ0) is 23.1. The highest BCUT2D eigenvalue weighted by Gasteiger charge is 2.33. The minimum atomic E-state index is -4.68. The van der Waals surface area contributed by atoms with Crippen molar-refractivity contribution in [1.29, 1.82) is 0 Å². The molecule has 1 aromatic heterocycles. The van der Waals surface area contributed by atoms with Gasteiger partial charge in [0.1, 0.15) is 18.3 Å². The molecule has 0 spiro atoms. The maximum absolute atomic E-state index is 12.7. The molecule has 1 amide bonds. The van der Waals surface area contributed by atoms with Crippen molar-refractivity contribution in [2.45, 2.75) is 25.7 Å². The van der Waals surface area contributed by atoms with Crippen LogP contribution in [0.5, 0.6) is 0 Å². The highest BCUT2D eigenvalue weighted by Crippen LogP contribution is 2.34. The summed E-state index contributed by atoms with van der Waals surface area (Å²) in [7, 11) is 0. The second-order valence-electron chi connectivity index (χ2n) is 6.85. The monoisotopic (exact) mass is 448 g/mol. The van der Waals surface area contributed by atoms with Gasteiger partial charge in [0.25, 0.3) is 5.69 Å². The fraction of sp³-hybridized carbons (Fsp3) is 0.250. The van der Waals surface area contributed by atoms with Crippen LogP contribution in [0.4, 0.5) is 24.5 Å². The number of anilines is 1. The first-order valence-electron chi connectivity index (χ1n) is 9.49. The summed E-state index contributed by atoms with van der Waals surface area (Å²) < 4.78 is 39.9. The average Bonchev–Trinajstić information content (AvgIpc) is 3.25. The Labute approximate surface area is 180 Å². The van der Waals surface area contributed by atoms with Crippen LogP contribution >= 0.6 is 0 Å². The first kappa shape index (κ1) is 22.7. The number of nitrogens with one attached hydrogen (secondary N) is 2. The molecule has 0 saturated carbocycles. The van der Waals surface area contributed by atoms with Gasteiger partial charge in [-0.3, -0.25) is 14.9 Å². The smallest absolute Gasteiger partial charge is 0.379 e. The third-order valence-corrected chi connectivity index (χ3v) is 4.51. The van der Waals surface area contributed by atoms with E-state index in [2.05, 4.69) is 20.7 Å². The van der Waals surface area contributed by atoms with Crippen LogP contribution in [-0.4, -0.2) is 32.1 Å². The average molecular weight is 448 g/mol. The van der Waals surface area contributed by atoms with Crippen LogP contribution < -0.4 is 10.6 Å². The van der Waals surface area contributed by atoms with E-state index in [4.69, 9.17) is 0 Å². The molecule has 0 aliphatic heterocycles. The molecule has 2 N–H and O–H groups in total. The van der Waals surface area contributed by atoms with E-state index in [0.29, 0.717) is 19.2 Å². The number of aromatic nitrogens is 3. The molecule has 168 valence electrons. The van der Waals surface area contributed by atoms with Gasteiger partial charge in [0.05, 0.1) is 17.0 Å². The van der Waals surface area contributed by atoms with E-state index < -0.39 is 22.4 Å². The van der Waals surface area contributed by atoms with Crippen LogP contribution in [0.15, 0.2) is 55.1 Å². The summed E-state index contributed by atoms with van der Waals surface area (Å²) in [5.41, 5.74) is 0.00438. The van der Waals surface area contributed by atoms with Gasteiger partial charge < -0.3 is 10.6 Å². The molecule has 2 aromatic carbocycles. The predicted molar refractivity (Wildman–Crippen MR) is 109 cm³/mol. The van der Waals surface area contributed by atoms with Gasteiger partial charge in [0.15, 0.2) is 0 Å². The zero-order valence-corrected chi connectivity index (χ0v) is 16.7. The molecular weight excluding hydrogens is 429 g/mol. The Kier molecular flexibility index (Phi) is 7.03. The molecule has 0 aliphatic carbocycles. The fourth-order valence-corrected chi connectivity index (χ4v) is 2.87. The molecule has 0 bridgehead atoms. The Morgan fingerprint density at radius 2 is 1.84 bits per heavy atom. The van der Waals surface area contributed by atoms with Crippen molar-refractivity contribution >= 4 is 17.3 Å². The normalized spacial score (nSPS) is 11.2. The molecule has 0 saturated heterocycles. The van der Waals surface area contributed by atoms with E-state index >= 15 is 0 Å². The van der Waals surface area contributed by atoms with Gasteiger partial charge in [-0.1, -0.05) is 24.3 Å². The van der Waals surface area contributed by atoms with Crippen LogP contribution in [0.25, 0.3) is 0 Å². The second-order valence-corrected chi connectivity index (χ2v) is 6.85. The molecule has 9 nitrogen and oxygen atoms in total. The van der Waals surface area contributed by atoms with Gasteiger partial charge in [-0.15, -0.1) is 0 Å². The molecule has 32 heavy (non-hydrogen) atoms. The highest BCUT2D eigenvalue weighted by molar-refractivity contribution is 5.76. The summed E-state index contributed by atoms with van der Waals surface area (Å²) in [6.45, 7) is 0.895. The van der Waals surface area contributed by atoms with Gasteiger partial charge in [-0.2, -0.15) is 18.3 Å². The molecule has 1 heterocycles. The van der Waals surface area contributed by atoms with Crippen molar-refractivity contribution < 1.29 is 22.9 Å². The number of hydrogen-bond acceptors (Lipinski definition) is 6. The molecule has 0 radical (unpaired) electrons. The number of nitro benzene ring substituents is 1. The lowest BCUT2D eigenvalue weighted by molar-refractivity contribution is -0.384. The Bertz CT molecular complexity index is 1070. The van der Waals surface area contributed by atoms with Crippen LogP contribution in [0.2, 0.25) is 0 Å². The number of rotatable bonds is 9. The number of alkyl halides is 3. The number of carbonyl (C=O) groups is 1. The van der Waals surface area contributed by atoms with E-state index in [9.17, 15) is 28.1 Å². The minimum Gasteiger partial charge on any atom is -0.379 e. The summed E-state index contributed by atoms with van der Waals surface area (Å²) in [5.74, 6) is -0.307. The molecule has 12 heteroatoms. The molecule has 3 rings (SSSR count). The second kappa shape index (κ2) is 9.90. The maximum Gasteiger partial charge on any atom is 0.416 e. The molecule has 0 atom stereocenters. The van der Waals surface area contributed by atoms with Gasteiger partial charge in [0.2, 0.25) is 5.91 Å². The topological polar surface area (TPSA) is 115 Å². The lowest BCUT2D eigenvalue weighted by Crippen LogP contribution is -2.25.